The Morgan fingerprint density at radius 3 is 2.25 bits per heavy atom. The number of carbonyl (C=O) groups excluding carboxylic acids is 1. The Morgan fingerprint density at radius 2 is 1.70 bits per heavy atom. The Labute approximate surface area is 130 Å². The highest BCUT2D eigenvalue weighted by atomic mass is 35.5. The molecule has 1 N–H and O–H groups in total. The van der Waals surface area contributed by atoms with Crippen LogP contribution in [0.2, 0.25) is 15.1 Å². The third-order valence-electron chi connectivity index (χ3n) is 2.67. The van der Waals surface area contributed by atoms with Gasteiger partial charge in [0.2, 0.25) is 0 Å². The summed E-state index contributed by atoms with van der Waals surface area (Å²) >= 11 is 17.7. The monoisotopic (exact) mass is 331 g/mol. The van der Waals surface area contributed by atoms with Gasteiger partial charge in [0.1, 0.15) is 5.82 Å². The van der Waals surface area contributed by atoms with Crippen LogP contribution in [0.3, 0.4) is 0 Å². The first-order chi connectivity index (χ1) is 9.38. The van der Waals surface area contributed by atoms with Gasteiger partial charge in [0.25, 0.3) is 5.91 Å². The summed E-state index contributed by atoms with van der Waals surface area (Å²) in [6, 6.07) is 7.01. The van der Waals surface area contributed by atoms with E-state index in [2.05, 4.69) is 5.32 Å². The standard InChI is InChI=1S/C14H9Cl3FNO/c1-7-4-8(2-3-12(7)18)14(20)19-13-10(16)5-9(15)6-11(13)17/h2-6H,1H3,(H,19,20). The van der Waals surface area contributed by atoms with Crippen molar-refractivity contribution in [2.45, 2.75) is 6.92 Å². The maximum atomic E-state index is 13.2. The Kier molecular flexibility index (Phi) is 4.53. The Hall–Kier alpha value is -1.29. The molecule has 0 heterocycles. The smallest absolute Gasteiger partial charge is 0.255 e. The minimum atomic E-state index is -0.431. The van der Waals surface area contributed by atoms with Gasteiger partial charge in [-0.1, -0.05) is 34.8 Å². The quantitative estimate of drug-likeness (QED) is 0.789. The van der Waals surface area contributed by atoms with Gasteiger partial charge in [-0.25, -0.2) is 4.39 Å². The van der Waals surface area contributed by atoms with Crippen LogP contribution in [-0.2, 0) is 0 Å². The van der Waals surface area contributed by atoms with Crippen molar-refractivity contribution >= 4 is 46.4 Å². The van der Waals surface area contributed by atoms with Crippen LogP contribution in [0.25, 0.3) is 0 Å². The van der Waals surface area contributed by atoms with E-state index in [1.165, 1.54) is 30.3 Å². The van der Waals surface area contributed by atoms with Gasteiger partial charge in [0.15, 0.2) is 0 Å². The third kappa shape index (κ3) is 3.23. The lowest BCUT2D eigenvalue weighted by atomic mass is 10.1. The number of benzene rings is 2. The maximum Gasteiger partial charge on any atom is 0.255 e. The minimum Gasteiger partial charge on any atom is -0.319 e. The maximum absolute atomic E-state index is 13.2. The molecule has 0 aliphatic carbocycles. The number of carbonyl (C=O) groups is 1. The van der Waals surface area contributed by atoms with E-state index >= 15 is 0 Å². The van der Waals surface area contributed by atoms with E-state index in [0.29, 0.717) is 16.1 Å². The summed E-state index contributed by atoms with van der Waals surface area (Å²) in [6.07, 6.45) is 0. The van der Waals surface area contributed by atoms with Crippen molar-refractivity contribution in [2.75, 3.05) is 5.32 Å². The molecule has 0 atom stereocenters. The molecule has 2 aromatic rings. The van der Waals surface area contributed by atoms with Gasteiger partial charge in [0.05, 0.1) is 15.7 Å². The molecule has 0 saturated heterocycles. The van der Waals surface area contributed by atoms with E-state index in [0.717, 1.165) is 0 Å². The molecule has 104 valence electrons. The number of nitrogens with one attached hydrogen (secondary N) is 1. The second kappa shape index (κ2) is 6.00. The summed E-state index contributed by atoms with van der Waals surface area (Å²) in [5.74, 6) is -0.802. The summed E-state index contributed by atoms with van der Waals surface area (Å²) in [7, 11) is 0. The van der Waals surface area contributed by atoms with Gasteiger partial charge in [0, 0.05) is 10.6 Å². The number of hydrogen-bond acceptors (Lipinski definition) is 1. The Balaban J connectivity index is 2.30. The molecule has 2 rings (SSSR count). The molecule has 0 fully saturated rings. The fraction of sp³-hybridized carbons (Fsp3) is 0.0714. The predicted octanol–water partition coefficient (Wildman–Crippen LogP) is 5.35. The molecule has 1 amide bonds. The van der Waals surface area contributed by atoms with E-state index in [9.17, 15) is 9.18 Å². The summed E-state index contributed by atoms with van der Waals surface area (Å²) in [5, 5.41) is 3.42. The van der Waals surface area contributed by atoms with E-state index in [1.807, 2.05) is 0 Å². The van der Waals surface area contributed by atoms with Crippen LogP contribution in [0.15, 0.2) is 30.3 Å². The fourth-order valence-corrected chi connectivity index (χ4v) is 2.54. The molecule has 0 saturated carbocycles. The lowest BCUT2D eigenvalue weighted by molar-refractivity contribution is 0.102. The highest BCUT2D eigenvalue weighted by Gasteiger charge is 2.13. The molecule has 0 spiro atoms. The largest absolute Gasteiger partial charge is 0.319 e. The van der Waals surface area contributed by atoms with Gasteiger partial charge in [-0.3, -0.25) is 4.79 Å². The topological polar surface area (TPSA) is 29.1 Å². The van der Waals surface area contributed by atoms with Crippen LogP contribution < -0.4 is 5.32 Å². The molecular weight excluding hydrogens is 324 g/mol. The van der Waals surface area contributed by atoms with E-state index in [-0.39, 0.29) is 21.5 Å². The number of rotatable bonds is 2. The second-order valence-corrected chi connectivity index (χ2v) is 5.41. The first-order valence-electron chi connectivity index (χ1n) is 5.60. The van der Waals surface area contributed by atoms with Crippen molar-refractivity contribution in [1.29, 1.82) is 0 Å². The third-order valence-corrected chi connectivity index (χ3v) is 3.48. The zero-order valence-corrected chi connectivity index (χ0v) is 12.6. The minimum absolute atomic E-state index is 0.231. The van der Waals surface area contributed by atoms with Gasteiger partial charge >= 0.3 is 0 Å². The normalized spacial score (nSPS) is 10.4. The molecule has 0 aliphatic rings. The average molecular weight is 333 g/mol. The number of hydrogen-bond donors (Lipinski definition) is 1. The molecule has 2 nitrogen and oxygen atoms in total. The van der Waals surface area contributed by atoms with Crippen LogP contribution >= 0.6 is 34.8 Å². The number of amides is 1. The van der Waals surface area contributed by atoms with Crippen molar-refractivity contribution in [3.05, 3.63) is 62.3 Å². The van der Waals surface area contributed by atoms with E-state index in [1.54, 1.807) is 6.92 Å². The van der Waals surface area contributed by atoms with Gasteiger partial charge < -0.3 is 5.32 Å². The zero-order valence-electron chi connectivity index (χ0n) is 10.3. The van der Waals surface area contributed by atoms with E-state index < -0.39 is 5.91 Å². The first-order valence-corrected chi connectivity index (χ1v) is 6.74. The summed E-state index contributed by atoms with van der Waals surface area (Å²) in [5.41, 5.74) is 0.960. The predicted molar refractivity (Wildman–Crippen MR) is 80.6 cm³/mol. The highest BCUT2D eigenvalue weighted by Crippen LogP contribution is 2.33. The van der Waals surface area contributed by atoms with Crippen molar-refractivity contribution in [3.8, 4) is 0 Å². The first kappa shape index (κ1) is 15.1. The van der Waals surface area contributed by atoms with Crippen LogP contribution in [0, 0.1) is 12.7 Å². The Bertz CT molecular complexity index is 665. The van der Waals surface area contributed by atoms with Crippen molar-refractivity contribution in [1.82, 2.24) is 0 Å². The van der Waals surface area contributed by atoms with Crippen molar-refractivity contribution in [2.24, 2.45) is 0 Å². The van der Waals surface area contributed by atoms with Crippen LogP contribution in [0.1, 0.15) is 15.9 Å². The molecule has 0 aromatic heterocycles. The van der Waals surface area contributed by atoms with Crippen molar-refractivity contribution in [3.63, 3.8) is 0 Å². The Morgan fingerprint density at radius 1 is 1.10 bits per heavy atom. The van der Waals surface area contributed by atoms with Crippen LogP contribution in [-0.4, -0.2) is 5.91 Å². The number of anilines is 1. The molecule has 0 unspecified atom stereocenters. The summed E-state index contributed by atoms with van der Waals surface area (Å²) in [4.78, 5) is 12.1. The molecular formula is C14H9Cl3FNO. The molecule has 2 aromatic carbocycles. The van der Waals surface area contributed by atoms with Gasteiger partial charge in [-0.15, -0.1) is 0 Å². The molecule has 0 aliphatic heterocycles. The molecule has 0 bridgehead atoms. The lowest BCUT2D eigenvalue weighted by Gasteiger charge is -2.10. The summed E-state index contributed by atoms with van der Waals surface area (Å²) in [6.45, 7) is 1.58. The zero-order chi connectivity index (χ0) is 14.9. The van der Waals surface area contributed by atoms with Gasteiger partial charge in [-0.05, 0) is 42.8 Å². The van der Waals surface area contributed by atoms with Crippen molar-refractivity contribution < 1.29 is 9.18 Å². The molecule has 6 heteroatoms. The average Bonchev–Trinajstić information content (AvgIpc) is 2.36. The van der Waals surface area contributed by atoms with Crippen LogP contribution in [0.4, 0.5) is 10.1 Å². The van der Waals surface area contributed by atoms with Gasteiger partial charge in [-0.2, -0.15) is 0 Å². The fourth-order valence-electron chi connectivity index (χ4n) is 1.63. The number of aryl methyl sites for hydroxylation is 1. The summed E-state index contributed by atoms with van der Waals surface area (Å²) < 4.78 is 13.2. The van der Waals surface area contributed by atoms with Crippen LogP contribution in [0.5, 0.6) is 0 Å². The van der Waals surface area contributed by atoms with E-state index in [4.69, 9.17) is 34.8 Å². The SMILES string of the molecule is Cc1cc(C(=O)Nc2c(Cl)cc(Cl)cc2Cl)ccc1F. The second-order valence-electron chi connectivity index (χ2n) is 4.16. The highest BCUT2D eigenvalue weighted by molar-refractivity contribution is 6.42. The molecule has 20 heavy (non-hydrogen) atoms. The lowest BCUT2D eigenvalue weighted by Crippen LogP contribution is -2.13. The number of halogens is 4. The molecule has 0 radical (unpaired) electrons.